The molecule has 1 aliphatic heterocycles. The third kappa shape index (κ3) is 3.12. The van der Waals surface area contributed by atoms with Crippen molar-refractivity contribution >= 4 is 11.6 Å². The van der Waals surface area contributed by atoms with Gasteiger partial charge in [-0.25, -0.2) is 0 Å². The molecule has 1 amide bonds. The van der Waals surface area contributed by atoms with E-state index in [-0.39, 0.29) is 17.9 Å². The van der Waals surface area contributed by atoms with Crippen LogP contribution in [0.5, 0.6) is 23.0 Å². The first-order chi connectivity index (χ1) is 14.6. The van der Waals surface area contributed by atoms with Crippen molar-refractivity contribution in [1.82, 2.24) is 0 Å². The van der Waals surface area contributed by atoms with Crippen molar-refractivity contribution < 1.29 is 28.2 Å². The minimum Gasteiger partial charge on any atom is -0.497 e. The zero-order chi connectivity index (χ0) is 21.3. The van der Waals surface area contributed by atoms with Crippen LogP contribution in [0.3, 0.4) is 0 Å². The molecule has 30 heavy (non-hydrogen) atoms. The zero-order valence-corrected chi connectivity index (χ0v) is 17.2. The second-order valence-corrected chi connectivity index (χ2v) is 6.84. The Morgan fingerprint density at radius 1 is 0.833 bits per heavy atom. The van der Waals surface area contributed by atoms with E-state index in [1.54, 1.807) is 58.0 Å². The molecule has 0 aliphatic carbocycles. The monoisotopic (exact) mass is 409 g/mol. The van der Waals surface area contributed by atoms with Crippen LogP contribution in [-0.4, -0.2) is 34.3 Å². The lowest BCUT2D eigenvalue weighted by Gasteiger charge is -2.47. The summed E-state index contributed by atoms with van der Waals surface area (Å²) >= 11 is 0. The molecule has 0 N–H and O–H groups in total. The molecule has 1 fully saturated rings. The highest BCUT2D eigenvalue weighted by atomic mass is 16.5. The molecule has 2 heterocycles. The van der Waals surface area contributed by atoms with E-state index < -0.39 is 0 Å². The van der Waals surface area contributed by atoms with Crippen molar-refractivity contribution in [1.29, 1.82) is 0 Å². The summed E-state index contributed by atoms with van der Waals surface area (Å²) in [5.41, 5.74) is 2.48. The molecule has 0 radical (unpaired) electrons. The molecule has 3 aromatic rings. The molecule has 2 aromatic carbocycles. The van der Waals surface area contributed by atoms with Gasteiger partial charge < -0.3 is 28.3 Å². The van der Waals surface area contributed by atoms with Crippen LogP contribution in [0.4, 0.5) is 5.69 Å². The number of β-lactam (4-membered cyclic amide) rings is 1. The van der Waals surface area contributed by atoms with Crippen LogP contribution in [0.15, 0.2) is 59.4 Å². The SMILES string of the molecule is COc1ccc([C@@H]2C(c3ccoc3)C(=O)N2c2cc(OC)c(OC)c(OC)c2)cc1. The molecule has 4 rings (SSSR count). The molecule has 0 saturated carbocycles. The van der Waals surface area contributed by atoms with Crippen molar-refractivity contribution in [3.05, 3.63) is 66.1 Å². The standard InChI is InChI=1S/C23H23NO6/c1-26-17-7-5-14(6-8-17)21-20(15-9-10-30-13-15)23(25)24(21)16-11-18(27-2)22(29-4)19(12-16)28-3/h5-13,20-21H,1-4H3/t20?,21-/m1/s1. The number of ether oxygens (including phenoxy) is 4. The van der Waals surface area contributed by atoms with Gasteiger partial charge in [-0.3, -0.25) is 4.79 Å². The van der Waals surface area contributed by atoms with E-state index in [1.807, 2.05) is 30.3 Å². The topological polar surface area (TPSA) is 70.4 Å². The lowest BCUT2D eigenvalue weighted by Crippen LogP contribution is -2.53. The van der Waals surface area contributed by atoms with E-state index in [1.165, 1.54) is 0 Å². The Hall–Kier alpha value is -3.61. The summed E-state index contributed by atoms with van der Waals surface area (Å²) in [6.07, 6.45) is 3.20. The number of rotatable bonds is 7. The summed E-state index contributed by atoms with van der Waals surface area (Å²) in [5, 5.41) is 0. The van der Waals surface area contributed by atoms with E-state index >= 15 is 0 Å². The maximum Gasteiger partial charge on any atom is 0.237 e. The molecular weight excluding hydrogens is 386 g/mol. The summed E-state index contributed by atoms with van der Waals surface area (Å²) in [6, 6.07) is 12.9. The Bertz CT molecular complexity index is 1000. The number of methoxy groups -OCH3 is 4. The first-order valence-electron chi connectivity index (χ1n) is 9.42. The van der Waals surface area contributed by atoms with Crippen LogP contribution in [-0.2, 0) is 4.79 Å². The molecule has 156 valence electrons. The van der Waals surface area contributed by atoms with Crippen LogP contribution >= 0.6 is 0 Å². The highest BCUT2D eigenvalue weighted by Gasteiger charge is 2.50. The van der Waals surface area contributed by atoms with Crippen LogP contribution in [0.2, 0.25) is 0 Å². The summed E-state index contributed by atoms with van der Waals surface area (Å²) in [5.74, 6) is 1.82. The maximum absolute atomic E-state index is 13.3. The second-order valence-electron chi connectivity index (χ2n) is 6.84. The number of amides is 1. The highest BCUT2D eigenvalue weighted by Crippen LogP contribution is 2.52. The van der Waals surface area contributed by atoms with Gasteiger partial charge in [-0.2, -0.15) is 0 Å². The number of carbonyl (C=O) groups excluding carboxylic acids is 1. The Balaban J connectivity index is 1.80. The largest absolute Gasteiger partial charge is 0.497 e. The summed E-state index contributed by atoms with van der Waals surface area (Å²) in [6.45, 7) is 0. The smallest absolute Gasteiger partial charge is 0.237 e. The average molecular weight is 409 g/mol. The van der Waals surface area contributed by atoms with E-state index in [0.717, 1.165) is 16.9 Å². The first-order valence-corrected chi connectivity index (χ1v) is 9.42. The summed E-state index contributed by atoms with van der Waals surface area (Å²) in [4.78, 5) is 15.0. The molecular formula is C23H23NO6. The molecule has 1 unspecified atom stereocenters. The quantitative estimate of drug-likeness (QED) is 0.545. The first kappa shape index (κ1) is 19.7. The number of hydrogen-bond acceptors (Lipinski definition) is 6. The van der Waals surface area contributed by atoms with Crippen LogP contribution in [0, 0.1) is 0 Å². The molecule has 7 heteroatoms. The minimum atomic E-state index is -0.351. The molecule has 2 atom stereocenters. The fourth-order valence-corrected chi connectivity index (χ4v) is 3.90. The van der Waals surface area contributed by atoms with Crippen LogP contribution in [0.1, 0.15) is 23.1 Å². The van der Waals surface area contributed by atoms with Crippen molar-refractivity contribution in [2.75, 3.05) is 33.3 Å². The summed E-state index contributed by atoms with van der Waals surface area (Å²) in [7, 11) is 6.27. The van der Waals surface area contributed by atoms with Crippen molar-refractivity contribution in [3.63, 3.8) is 0 Å². The molecule has 0 bridgehead atoms. The van der Waals surface area contributed by atoms with Gasteiger partial charge in [-0.1, -0.05) is 12.1 Å². The van der Waals surface area contributed by atoms with Gasteiger partial charge in [0.25, 0.3) is 0 Å². The van der Waals surface area contributed by atoms with Gasteiger partial charge >= 0.3 is 0 Å². The highest BCUT2D eigenvalue weighted by molar-refractivity contribution is 6.07. The van der Waals surface area contributed by atoms with Crippen LogP contribution in [0.25, 0.3) is 0 Å². The zero-order valence-electron chi connectivity index (χ0n) is 17.2. The fourth-order valence-electron chi connectivity index (χ4n) is 3.90. The van der Waals surface area contributed by atoms with E-state index in [2.05, 4.69) is 0 Å². The number of carbonyl (C=O) groups is 1. The van der Waals surface area contributed by atoms with Crippen molar-refractivity contribution in [3.8, 4) is 23.0 Å². The Labute approximate surface area is 174 Å². The van der Waals surface area contributed by atoms with Crippen molar-refractivity contribution in [2.45, 2.75) is 12.0 Å². The van der Waals surface area contributed by atoms with E-state index in [9.17, 15) is 4.79 Å². The van der Waals surface area contributed by atoms with E-state index in [4.69, 9.17) is 23.4 Å². The number of anilines is 1. The summed E-state index contributed by atoms with van der Waals surface area (Å²) < 4.78 is 26.9. The Morgan fingerprint density at radius 3 is 2.00 bits per heavy atom. The number of benzene rings is 2. The van der Waals surface area contributed by atoms with Gasteiger partial charge in [-0.05, 0) is 23.8 Å². The van der Waals surface area contributed by atoms with E-state index in [0.29, 0.717) is 22.9 Å². The lowest BCUT2D eigenvalue weighted by atomic mass is 9.78. The van der Waals surface area contributed by atoms with Gasteiger partial charge in [0.1, 0.15) is 5.75 Å². The van der Waals surface area contributed by atoms with Gasteiger partial charge in [0.05, 0.1) is 58.6 Å². The average Bonchev–Trinajstić information content (AvgIpc) is 3.30. The third-order valence-electron chi connectivity index (χ3n) is 5.38. The van der Waals surface area contributed by atoms with Crippen LogP contribution < -0.4 is 23.8 Å². The Kier molecular flexibility index (Phi) is 5.27. The minimum absolute atomic E-state index is 0.0357. The lowest BCUT2D eigenvalue weighted by molar-refractivity contribution is -0.126. The van der Waals surface area contributed by atoms with Crippen molar-refractivity contribution in [2.24, 2.45) is 0 Å². The molecule has 0 spiro atoms. The van der Waals surface area contributed by atoms with Gasteiger partial charge in [0, 0.05) is 17.7 Å². The van der Waals surface area contributed by atoms with Gasteiger partial charge in [-0.15, -0.1) is 0 Å². The molecule has 1 aromatic heterocycles. The number of hydrogen-bond donors (Lipinski definition) is 0. The predicted octanol–water partition coefficient (Wildman–Crippen LogP) is 4.19. The number of nitrogens with zero attached hydrogens (tertiary/aromatic N) is 1. The molecule has 1 saturated heterocycles. The fraction of sp³-hybridized carbons (Fsp3) is 0.261. The molecule has 1 aliphatic rings. The Morgan fingerprint density at radius 2 is 1.50 bits per heavy atom. The maximum atomic E-state index is 13.3. The third-order valence-corrected chi connectivity index (χ3v) is 5.38. The normalized spacial score (nSPS) is 18.0. The predicted molar refractivity (Wildman–Crippen MR) is 111 cm³/mol. The second kappa shape index (κ2) is 8.02. The number of furan rings is 1. The molecule has 7 nitrogen and oxygen atoms in total. The van der Waals surface area contributed by atoms with Gasteiger partial charge in [0.2, 0.25) is 11.7 Å². The van der Waals surface area contributed by atoms with Gasteiger partial charge in [0.15, 0.2) is 11.5 Å².